The SMILES string of the molecule is CC1(C)C(NC2CCCc3ccccc32)C1(C)C. The van der Waals surface area contributed by atoms with Crippen molar-refractivity contribution in [1.29, 1.82) is 0 Å². The summed E-state index contributed by atoms with van der Waals surface area (Å²) >= 11 is 0. The molecule has 1 unspecified atom stereocenters. The summed E-state index contributed by atoms with van der Waals surface area (Å²) < 4.78 is 0. The van der Waals surface area contributed by atoms with E-state index >= 15 is 0 Å². The minimum absolute atomic E-state index is 0.430. The molecular formula is C17H25N. The smallest absolute Gasteiger partial charge is 0.0325 e. The second-order valence-corrected chi connectivity index (χ2v) is 7.19. The second-order valence-electron chi connectivity index (χ2n) is 7.19. The van der Waals surface area contributed by atoms with E-state index in [0.717, 1.165) is 0 Å². The van der Waals surface area contributed by atoms with Crippen LogP contribution >= 0.6 is 0 Å². The lowest BCUT2D eigenvalue weighted by Gasteiger charge is -2.27. The van der Waals surface area contributed by atoms with Gasteiger partial charge in [-0.3, -0.25) is 0 Å². The fourth-order valence-electron chi connectivity index (χ4n) is 3.74. The maximum atomic E-state index is 3.93. The van der Waals surface area contributed by atoms with Gasteiger partial charge in [0.05, 0.1) is 0 Å². The molecule has 1 fully saturated rings. The Morgan fingerprint density at radius 1 is 1.06 bits per heavy atom. The van der Waals surface area contributed by atoms with Gasteiger partial charge >= 0.3 is 0 Å². The zero-order valence-electron chi connectivity index (χ0n) is 12.1. The van der Waals surface area contributed by atoms with Crippen molar-refractivity contribution in [3.05, 3.63) is 35.4 Å². The minimum Gasteiger partial charge on any atom is -0.306 e. The molecular weight excluding hydrogens is 218 g/mol. The zero-order valence-corrected chi connectivity index (χ0v) is 12.1. The summed E-state index contributed by atoms with van der Waals surface area (Å²) in [6, 6.07) is 10.2. The quantitative estimate of drug-likeness (QED) is 0.825. The number of aryl methyl sites for hydroxylation is 1. The number of nitrogens with one attached hydrogen (secondary N) is 1. The van der Waals surface area contributed by atoms with Gasteiger partial charge in [-0.15, -0.1) is 0 Å². The molecule has 2 aliphatic carbocycles. The Kier molecular flexibility index (Phi) is 2.60. The summed E-state index contributed by atoms with van der Waals surface area (Å²) in [5, 5.41) is 3.93. The van der Waals surface area contributed by atoms with E-state index in [9.17, 15) is 0 Å². The van der Waals surface area contributed by atoms with E-state index in [1.807, 2.05) is 0 Å². The zero-order chi connectivity index (χ0) is 13.0. The van der Waals surface area contributed by atoms with Crippen molar-refractivity contribution in [2.75, 3.05) is 0 Å². The van der Waals surface area contributed by atoms with Crippen LogP contribution < -0.4 is 5.32 Å². The van der Waals surface area contributed by atoms with Gasteiger partial charge in [0.25, 0.3) is 0 Å². The van der Waals surface area contributed by atoms with Gasteiger partial charge in [0.1, 0.15) is 0 Å². The van der Waals surface area contributed by atoms with Crippen molar-refractivity contribution >= 4 is 0 Å². The molecule has 0 amide bonds. The normalized spacial score (nSPS) is 28.8. The summed E-state index contributed by atoms with van der Waals surface area (Å²) in [4.78, 5) is 0. The van der Waals surface area contributed by atoms with E-state index in [4.69, 9.17) is 0 Å². The molecule has 0 saturated heterocycles. The number of fused-ring (bicyclic) bond motifs is 1. The Morgan fingerprint density at radius 2 is 1.72 bits per heavy atom. The van der Waals surface area contributed by atoms with Crippen LogP contribution in [0.4, 0.5) is 0 Å². The predicted octanol–water partition coefficient (Wildman–Crippen LogP) is 4.09. The first-order valence-corrected chi connectivity index (χ1v) is 7.28. The van der Waals surface area contributed by atoms with Crippen molar-refractivity contribution in [2.45, 2.75) is 59.0 Å². The summed E-state index contributed by atoms with van der Waals surface area (Å²) in [5.41, 5.74) is 3.96. The summed E-state index contributed by atoms with van der Waals surface area (Å²) in [6.45, 7) is 9.55. The molecule has 2 aliphatic rings. The maximum Gasteiger partial charge on any atom is 0.0325 e. The Balaban J connectivity index is 1.80. The lowest BCUT2D eigenvalue weighted by Crippen LogP contribution is -2.30. The molecule has 0 aliphatic heterocycles. The Labute approximate surface area is 111 Å². The molecule has 1 nitrogen and oxygen atoms in total. The Bertz CT molecular complexity index is 444. The van der Waals surface area contributed by atoms with Crippen LogP contribution in [0, 0.1) is 10.8 Å². The van der Waals surface area contributed by atoms with Gasteiger partial charge in [-0.05, 0) is 41.2 Å². The van der Waals surface area contributed by atoms with E-state index in [0.29, 0.717) is 22.9 Å². The average molecular weight is 243 g/mol. The molecule has 18 heavy (non-hydrogen) atoms. The van der Waals surface area contributed by atoms with Crippen LogP contribution in [0.1, 0.15) is 57.7 Å². The van der Waals surface area contributed by atoms with Crippen molar-refractivity contribution in [3.63, 3.8) is 0 Å². The number of hydrogen-bond donors (Lipinski definition) is 1. The Hall–Kier alpha value is -0.820. The molecule has 1 aromatic rings. The first-order valence-electron chi connectivity index (χ1n) is 7.28. The largest absolute Gasteiger partial charge is 0.306 e. The van der Waals surface area contributed by atoms with Gasteiger partial charge in [-0.25, -0.2) is 0 Å². The third kappa shape index (κ3) is 1.64. The molecule has 0 spiro atoms. The highest BCUT2D eigenvalue weighted by Crippen LogP contribution is 2.63. The lowest BCUT2D eigenvalue weighted by atomic mass is 9.87. The first-order chi connectivity index (χ1) is 8.44. The highest BCUT2D eigenvalue weighted by atomic mass is 15.1. The van der Waals surface area contributed by atoms with Gasteiger partial charge < -0.3 is 5.32 Å². The van der Waals surface area contributed by atoms with Crippen molar-refractivity contribution in [2.24, 2.45) is 10.8 Å². The Morgan fingerprint density at radius 3 is 2.39 bits per heavy atom. The van der Waals surface area contributed by atoms with E-state index in [1.54, 1.807) is 11.1 Å². The van der Waals surface area contributed by atoms with Gasteiger partial charge in [0.2, 0.25) is 0 Å². The van der Waals surface area contributed by atoms with E-state index in [1.165, 1.54) is 19.3 Å². The minimum atomic E-state index is 0.430. The molecule has 0 heterocycles. The van der Waals surface area contributed by atoms with Gasteiger partial charge in [-0.1, -0.05) is 52.0 Å². The van der Waals surface area contributed by atoms with E-state index in [-0.39, 0.29) is 0 Å². The number of benzene rings is 1. The second kappa shape index (κ2) is 3.84. The fraction of sp³-hybridized carbons (Fsp3) is 0.647. The van der Waals surface area contributed by atoms with Crippen LogP contribution in [0.3, 0.4) is 0 Å². The van der Waals surface area contributed by atoms with Crippen LogP contribution in [0.15, 0.2) is 24.3 Å². The molecule has 0 radical (unpaired) electrons. The average Bonchev–Trinajstić information content (AvgIpc) is 2.72. The molecule has 1 atom stereocenters. The topological polar surface area (TPSA) is 12.0 Å². The molecule has 98 valence electrons. The molecule has 1 N–H and O–H groups in total. The van der Waals surface area contributed by atoms with Gasteiger partial charge in [0, 0.05) is 12.1 Å². The highest BCUT2D eigenvalue weighted by molar-refractivity contribution is 5.33. The highest BCUT2D eigenvalue weighted by Gasteiger charge is 2.65. The standard InChI is InChI=1S/C17H25N/c1-16(2)15(17(16,3)4)18-14-11-7-9-12-8-5-6-10-13(12)14/h5-6,8,10,14-15,18H,7,9,11H2,1-4H3. The monoisotopic (exact) mass is 243 g/mol. The molecule has 0 bridgehead atoms. The molecule has 1 aromatic carbocycles. The molecule has 1 heteroatoms. The van der Waals surface area contributed by atoms with Gasteiger partial charge in [0.15, 0.2) is 0 Å². The maximum absolute atomic E-state index is 3.93. The molecule has 3 rings (SSSR count). The number of hydrogen-bond acceptors (Lipinski definition) is 1. The van der Waals surface area contributed by atoms with Crippen LogP contribution in [-0.4, -0.2) is 6.04 Å². The van der Waals surface area contributed by atoms with Crippen molar-refractivity contribution in [1.82, 2.24) is 5.32 Å². The van der Waals surface area contributed by atoms with E-state index < -0.39 is 0 Å². The predicted molar refractivity (Wildman–Crippen MR) is 76.6 cm³/mol. The molecule has 1 saturated carbocycles. The van der Waals surface area contributed by atoms with Crippen LogP contribution in [0.2, 0.25) is 0 Å². The van der Waals surface area contributed by atoms with Crippen LogP contribution in [0.25, 0.3) is 0 Å². The fourth-order valence-corrected chi connectivity index (χ4v) is 3.74. The first kappa shape index (κ1) is 12.2. The van der Waals surface area contributed by atoms with Crippen molar-refractivity contribution < 1.29 is 0 Å². The lowest BCUT2D eigenvalue weighted by molar-refractivity contribution is 0.421. The van der Waals surface area contributed by atoms with E-state index in [2.05, 4.69) is 57.3 Å². The van der Waals surface area contributed by atoms with Crippen LogP contribution in [-0.2, 0) is 6.42 Å². The number of rotatable bonds is 2. The molecule has 0 aromatic heterocycles. The summed E-state index contributed by atoms with van der Waals surface area (Å²) in [6.07, 6.45) is 3.87. The third-order valence-corrected chi connectivity index (χ3v) is 5.76. The van der Waals surface area contributed by atoms with Gasteiger partial charge in [-0.2, -0.15) is 0 Å². The third-order valence-electron chi connectivity index (χ3n) is 5.76. The van der Waals surface area contributed by atoms with Crippen molar-refractivity contribution in [3.8, 4) is 0 Å². The summed E-state index contributed by atoms with van der Waals surface area (Å²) in [5.74, 6) is 0. The van der Waals surface area contributed by atoms with Crippen LogP contribution in [0.5, 0.6) is 0 Å². The summed E-state index contributed by atoms with van der Waals surface area (Å²) in [7, 11) is 0.